The summed E-state index contributed by atoms with van der Waals surface area (Å²) in [5.41, 5.74) is 5.54. The standard InChI is InChI=1S/C9H17NO7/c1-3(8(13)14)16-7-5(10)9(15)17-4(2-11)6(7)12/h3-7,9,11-12,15H,2,10H2,1H3,(H,13,14)/t3?,4-,5-,6-,7-,9?/m1/s1/i1D. The molecule has 1 aliphatic rings. The third kappa shape index (κ3) is 3.12. The first kappa shape index (κ1) is 12.7. The molecule has 17 heavy (non-hydrogen) atoms. The van der Waals surface area contributed by atoms with Crippen molar-refractivity contribution in [2.24, 2.45) is 5.73 Å². The fourth-order valence-corrected chi connectivity index (χ4v) is 1.52. The molecule has 8 nitrogen and oxygen atoms in total. The van der Waals surface area contributed by atoms with Gasteiger partial charge in [-0.25, -0.2) is 4.79 Å². The van der Waals surface area contributed by atoms with Crippen molar-refractivity contribution in [2.75, 3.05) is 6.61 Å². The fraction of sp³-hybridized carbons (Fsp3) is 0.889. The molecule has 0 bridgehead atoms. The minimum absolute atomic E-state index is 0.563. The van der Waals surface area contributed by atoms with Crippen molar-refractivity contribution in [3.63, 3.8) is 0 Å². The monoisotopic (exact) mass is 252 g/mol. The predicted octanol–water partition coefficient (Wildman–Crippen LogP) is -2.76. The fourth-order valence-electron chi connectivity index (χ4n) is 1.52. The Morgan fingerprint density at radius 1 is 1.65 bits per heavy atom. The average Bonchev–Trinajstić information content (AvgIpc) is 2.33. The van der Waals surface area contributed by atoms with E-state index in [2.05, 4.69) is 0 Å². The van der Waals surface area contributed by atoms with Crippen molar-refractivity contribution in [3.8, 4) is 0 Å². The second-order valence-electron chi connectivity index (χ2n) is 3.74. The van der Waals surface area contributed by atoms with Crippen LogP contribution in [-0.2, 0) is 14.3 Å². The van der Waals surface area contributed by atoms with E-state index in [0.29, 0.717) is 0 Å². The van der Waals surface area contributed by atoms with E-state index >= 15 is 0 Å². The highest BCUT2D eigenvalue weighted by Crippen LogP contribution is 2.22. The third-order valence-electron chi connectivity index (χ3n) is 2.52. The van der Waals surface area contributed by atoms with E-state index < -0.39 is 56.2 Å². The molecule has 1 aliphatic heterocycles. The van der Waals surface area contributed by atoms with E-state index in [-0.39, 0.29) is 0 Å². The van der Waals surface area contributed by atoms with Crippen molar-refractivity contribution in [1.82, 2.24) is 0 Å². The summed E-state index contributed by atoms with van der Waals surface area (Å²) >= 11 is 0. The van der Waals surface area contributed by atoms with E-state index in [1.54, 1.807) is 0 Å². The highest BCUT2D eigenvalue weighted by molar-refractivity contribution is 5.71. The first-order valence-electron chi connectivity index (χ1n) is 5.68. The van der Waals surface area contributed by atoms with Gasteiger partial charge >= 0.3 is 5.97 Å². The lowest BCUT2D eigenvalue weighted by Gasteiger charge is -2.41. The Balaban J connectivity index is 2.78. The summed E-state index contributed by atoms with van der Waals surface area (Å²) in [5.74, 6) is -1.37. The molecule has 6 atom stereocenters. The Bertz CT molecular complexity index is 292. The van der Waals surface area contributed by atoms with Gasteiger partial charge in [0.15, 0.2) is 12.4 Å². The molecule has 0 aliphatic carbocycles. The van der Waals surface area contributed by atoms with Crippen molar-refractivity contribution in [2.45, 2.75) is 43.6 Å². The number of carboxylic acid groups (broad SMARTS) is 1. The first-order chi connectivity index (χ1) is 8.42. The van der Waals surface area contributed by atoms with Gasteiger partial charge in [0.05, 0.1) is 12.6 Å². The first-order valence-corrected chi connectivity index (χ1v) is 4.98. The molecular formula is C9H17NO7. The van der Waals surface area contributed by atoms with Gasteiger partial charge in [-0.2, -0.15) is 0 Å². The highest BCUT2D eigenvalue weighted by atomic mass is 16.6. The van der Waals surface area contributed by atoms with Crippen LogP contribution in [0.5, 0.6) is 0 Å². The lowest BCUT2D eigenvalue weighted by molar-refractivity contribution is -0.262. The lowest BCUT2D eigenvalue weighted by atomic mass is 9.97. The van der Waals surface area contributed by atoms with Crippen LogP contribution in [0.3, 0.4) is 0 Å². The van der Waals surface area contributed by atoms with Crippen LogP contribution in [0.2, 0.25) is 0 Å². The van der Waals surface area contributed by atoms with Crippen LogP contribution in [0.4, 0.5) is 0 Å². The molecule has 0 aromatic heterocycles. The zero-order valence-electron chi connectivity index (χ0n) is 9.97. The van der Waals surface area contributed by atoms with Gasteiger partial charge < -0.3 is 35.6 Å². The summed E-state index contributed by atoms with van der Waals surface area (Å²) in [7, 11) is 0. The molecule has 0 saturated carbocycles. The van der Waals surface area contributed by atoms with E-state index in [4.69, 9.17) is 26.8 Å². The van der Waals surface area contributed by atoms with Gasteiger partial charge in [-0.15, -0.1) is 0 Å². The van der Waals surface area contributed by atoms with Crippen LogP contribution in [0.1, 0.15) is 8.27 Å². The van der Waals surface area contributed by atoms with Crippen molar-refractivity contribution in [3.05, 3.63) is 0 Å². The van der Waals surface area contributed by atoms with E-state index in [0.717, 1.165) is 0 Å². The van der Waals surface area contributed by atoms with Crippen LogP contribution >= 0.6 is 0 Å². The van der Waals surface area contributed by atoms with Gasteiger partial charge in [0, 0.05) is 1.37 Å². The Labute approximate surface area is 99.0 Å². The quantitative estimate of drug-likeness (QED) is 0.362. The van der Waals surface area contributed by atoms with Crippen molar-refractivity contribution >= 4 is 5.97 Å². The normalized spacial score (nSPS) is 40.7. The minimum atomic E-state index is -1.49. The van der Waals surface area contributed by atoms with Gasteiger partial charge in [-0.3, -0.25) is 0 Å². The molecule has 0 spiro atoms. The minimum Gasteiger partial charge on any atom is -0.479 e. The smallest absolute Gasteiger partial charge is 0.332 e. The predicted molar refractivity (Wildman–Crippen MR) is 53.9 cm³/mol. The Morgan fingerprint density at radius 3 is 2.76 bits per heavy atom. The molecule has 1 saturated heterocycles. The van der Waals surface area contributed by atoms with Crippen molar-refractivity contribution in [1.29, 1.82) is 0 Å². The number of aliphatic hydroxyl groups excluding tert-OH is 3. The van der Waals surface area contributed by atoms with E-state index in [9.17, 15) is 15.0 Å². The maximum absolute atomic E-state index is 10.7. The average molecular weight is 252 g/mol. The molecule has 100 valence electrons. The van der Waals surface area contributed by atoms with Gasteiger partial charge in [-0.05, 0) is 6.90 Å². The molecule has 0 aromatic carbocycles. The molecule has 1 rings (SSSR count). The third-order valence-corrected chi connectivity index (χ3v) is 2.52. The summed E-state index contributed by atoms with van der Waals surface area (Å²) in [5, 5.41) is 36.9. The van der Waals surface area contributed by atoms with Crippen LogP contribution in [-0.4, -0.2) is 69.8 Å². The van der Waals surface area contributed by atoms with Crippen LogP contribution in [0, 0.1) is 0 Å². The number of carboxylic acids is 1. The summed E-state index contributed by atoms with van der Waals surface area (Å²) in [6.07, 6.45) is -6.71. The zero-order valence-corrected chi connectivity index (χ0v) is 8.97. The highest BCUT2D eigenvalue weighted by Gasteiger charge is 2.44. The number of ether oxygens (including phenoxy) is 2. The summed E-state index contributed by atoms with van der Waals surface area (Å²) < 4.78 is 16.9. The van der Waals surface area contributed by atoms with Crippen molar-refractivity contribution < 1.29 is 36.1 Å². The molecule has 6 N–H and O–H groups in total. The number of carbonyl (C=O) groups is 1. The summed E-state index contributed by atoms with van der Waals surface area (Å²) in [6.45, 7) is -1.14. The van der Waals surface area contributed by atoms with E-state index in [1.807, 2.05) is 0 Å². The summed E-state index contributed by atoms with van der Waals surface area (Å²) in [4.78, 5) is 10.7. The maximum atomic E-state index is 10.7. The van der Waals surface area contributed by atoms with Gasteiger partial charge in [0.25, 0.3) is 0 Å². The molecule has 0 radical (unpaired) electrons. The number of nitrogens with two attached hydrogens (primary N) is 1. The number of hydrogen-bond acceptors (Lipinski definition) is 7. The molecule has 0 aromatic rings. The molecule has 8 heteroatoms. The van der Waals surface area contributed by atoms with Gasteiger partial charge in [0.2, 0.25) is 0 Å². The second kappa shape index (κ2) is 5.71. The molecule has 1 fully saturated rings. The SMILES string of the molecule is [2H]CC(O[C@H]1[C@H](O)[C@@H](CO)OC(O)[C@@H]1N)C(=O)O. The molecule has 2 unspecified atom stereocenters. The number of rotatable bonds is 4. The Morgan fingerprint density at radius 2 is 2.29 bits per heavy atom. The van der Waals surface area contributed by atoms with Crippen LogP contribution in [0.15, 0.2) is 0 Å². The largest absolute Gasteiger partial charge is 0.479 e. The molecule has 1 heterocycles. The van der Waals surface area contributed by atoms with Gasteiger partial charge in [-0.1, -0.05) is 0 Å². The van der Waals surface area contributed by atoms with Gasteiger partial charge in [0.1, 0.15) is 18.3 Å². The maximum Gasteiger partial charge on any atom is 0.332 e. The lowest BCUT2D eigenvalue weighted by Crippen LogP contribution is -2.63. The van der Waals surface area contributed by atoms with Crippen LogP contribution in [0.25, 0.3) is 0 Å². The summed E-state index contributed by atoms with van der Waals surface area (Å²) in [6, 6.07) is -1.17. The zero-order chi connectivity index (χ0) is 13.9. The molecule has 0 amide bonds. The van der Waals surface area contributed by atoms with Crippen LogP contribution < -0.4 is 5.73 Å². The second-order valence-corrected chi connectivity index (χ2v) is 3.74. The number of aliphatic hydroxyl groups is 3. The number of aliphatic carboxylic acids is 1. The topological polar surface area (TPSA) is 142 Å². The Hall–Kier alpha value is -0.770. The number of hydrogen-bond donors (Lipinski definition) is 5. The van der Waals surface area contributed by atoms with E-state index in [1.165, 1.54) is 0 Å². The molecular weight excluding hydrogens is 234 g/mol. The Kier molecular flexibility index (Phi) is 4.26.